The number of rotatable bonds is 6. The van der Waals surface area contributed by atoms with E-state index in [1.54, 1.807) is 0 Å². The van der Waals surface area contributed by atoms with E-state index in [-0.39, 0.29) is 18.6 Å². The highest BCUT2D eigenvalue weighted by Gasteiger charge is 2.51. The van der Waals surface area contributed by atoms with E-state index in [0.29, 0.717) is 0 Å². The molecule has 1 saturated heterocycles. The van der Waals surface area contributed by atoms with Gasteiger partial charge in [0.2, 0.25) is 5.91 Å². The summed E-state index contributed by atoms with van der Waals surface area (Å²) in [5.74, 6) is -3.13. The lowest BCUT2D eigenvalue weighted by atomic mass is 9.89. The van der Waals surface area contributed by atoms with E-state index in [4.69, 9.17) is 9.84 Å². The summed E-state index contributed by atoms with van der Waals surface area (Å²) in [5.41, 5.74) is 0. The van der Waals surface area contributed by atoms with Crippen LogP contribution in [0, 0.1) is 11.8 Å². The Kier molecular flexibility index (Phi) is 5.35. The summed E-state index contributed by atoms with van der Waals surface area (Å²) in [6, 6.07) is -1.02. The maximum absolute atomic E-state index is 12.1. The second-order valence-corrected chi connectivity index (χ2v) is 6.06. The second kappa shape index (κ2) is 6.91. The van der Waals surface area contributed by atoms with Gasteiger partial charge in [0.25, 0.3) is 0 Å². The molecule has 9 heteroatoms. The maximum atomic E-state index is 12.1. The van der Waals surface area contributed by atoms with Gasteiger partial charge in [0.1, 0.15) is 24.1 Å². The predicted molar refractivity (Wildman–Crippen MR) is 74.2 cm³/mol. The van der Waals surface area contributed by atoms with Crippen LogP contribution in [0.3, 0.4) is 0 Å². The van der Waals surface area contributed by atoms with Gasteiger partial charge in [0.05, 0.1) is 24.7 Å². The van der Waals surface area contributed by atoms with Crippen molar-refractivity contribution in [1.82, 2.24) is 5.32 Å². The minimum Gasteiger partial charge on any atom is -0.481 e. The molecule has 1 saturated carbocycles. The van der Waals surface area contributed by atoms with Crippen LogP contribution in [0.2, 0.25) is 0 Å². The Balaban J connectivity index is 2.07. The van der Waals surface area contributed by atoms with Gasteiger partial charge in [-0.3, -0.25) is 14.4 Å². The zero-order chi connectivity index (χ0) is 17.3. The van der Waals surface area contributed by atoms with Crippen molar-refractivity contribution < 1.29 is 39.5 Å². The predicted octanol–water partition coefficient (Wildman–Crippen LogP) is -2.35. The summed E-state index contributed by atoms with van der Waals surface area (Å²) in [7, 11) is 0. The summed E-state index contributed by atoms with van der Waals surface area (Å²) in [5, 5.41) is 40.4. The summed E-state index contributed by atoms with van der Waals surface area (Å²) in [6.45, 7) is 0.661. The Bertz CT molecular complexity index is 495. The molecule has 5 N–H and O–H groups in total. The molecular formula is C14H21NO8. The molecule has 1 heterocycles. The van der Waals surface area contributed by atoms with E-state index in [1.807, 2.05) is 0 Å². The van der Waals surface area contributed by atoms with Crippen LogP contribution < -0.4 is 5.32 Å². The van der Waals surface area contributed by atoms with Gasteiger partial charge in [0.15, 0.2) is 0 Å². The van der Waals surface area contributed by atoms with Crippen LogP contribution in [0.1, 0.15) is 19.8 Å². The zero-order valence-corrected chi connectivity index (χ0v) is 12.6. The van der Waals surface area contributed by atoms with Gasteiger partial charge in [-0.15, -0.1) is 0 Å². The number of amides is 1. The highest BCUT2D eigenvalue weighted by molar-refractivity contribution is 5.91. The Labute approximate surface area is 132 Å². The first-order chi connectivity index (χ1) is 10.8. The first-order valence-corrected chi connectivity index (χ1v) is 7.41. The third kappa shape index (κ3) is 3.86. The van der Waals surface area contributed by atoms with Crippen molar-refractivity contribution in [2.24, 2.45) is 11.8 Å². The van der Waals surface area contributed by atoms with E-state index < -0.39 is 60.8 Å². The molecule has 0 aromatic heterocycles. The third-order valence-electron chi connectivity index (χ3n) is 4.32. The molecule has 1 aliphatic carbocycles. The van der Waals surface area contributed by atoms with Crippen molar-refractivity contribution in [3.8, 4) is 0 Å². The number of carbonyl (C=O) groups excluding carboxylic acids is 2. The normalized spacial score (nSPS) is 39.6. The Morgan fingerprint density at radius 3 is 2.26 bits per heavy atom. The van der Waals surface area contributed by atoms with E-state index in [2.05, 4.69) is 5.32 Å². The lowest BCUT2D eigenvalue weighted by Gasteiger charge is -2.42. The minimum absolute atomic E-state index is 0.209. The summed E-state index contributed by atoms with van der Waals surface area (Å²) >= 11 is 0. The average molecular weight is 331 g/mol. The van der Waals surface area contributed by atoms with Crippen molar-refractivity contribution in [3.05, 3.63) is 0 Å². The van der Waals surface area contributed by atoms with E-state index in [9.17, 15) is 29.7 Å². The molecule has 2 fully saturated rings. The van der Waals surface area contributed by atoms with Crippen LogP contribution >= 0.6 is 0 Å². The number of carboxylic acids is 1. The summed E-state index contributed by atoms with van der Waals surface area (Å²) in [6.07, 6.45) is -4.78. The van der Waals surface area contributed by atoms with Gasteiger partial charge in [-0.05, 0) is 6.42 Å². The first-order valence-electron chi connectivity index (χ1n) is 7.41. The van der Waals surface area contributed by atoms with Crippen LogP contribution in [0.5, 0.6) is 0 Å². The smallest absolute Gasteiger partial charge is 0.307 e. The van der Waals surface area contributed by atoms with E-state index >= 15 is 0 Å². The van der Waals surface area contributed by atoms with Crippen LogP contribution in [0.4, 0.5) is 0 Å². The lowest BCUT2D eigenvalue weighted by molar-refractivity contribution is -0.197. The monoisotopic (exact) mass is 331 g/mol. The fraction of sp³-hybridized carbons (Fsp3) is 0.786. The fourth-order valence-electron chi connectivity index (χ4n) is 2.95. The largest absolute Gasteiger partial charge is 0.481 e. The van der Waals surface area contributed by atoms with E-state index in [0.717, 1.165) is 0 Å². The van der Waals surface area contributed by atoms with Crippen LogP contribution in [0.25, 0.3) is 0 Å². The molecule has 7 atom stereocenters. The molecule has 0 radical (unpaired) electrons. The number of aliphatic hydroxyl groups excluding tert-OH is 3. The van der Waals surface area contributed by atoms with Gasteiger partial charge < -0.3 is 30.5 Å². The number of ether oxygens (including phenoxy) is 1. The maximum Gasteiger partial charge on any atom is 0.307 e. The molecule has 130 valence electrons. The zero-order valence-electron chi connectivity index (χ0n) is 12.6. The highest BCUT2D eigenvalue weighted by Crippen LogP contribution is 2.41. The van der Waals surface area contributed by atoms with Gasteiger partial charge >= 0.3 is 5.97 Å². The molecule has 0 spiro atoms. The molecular weight excluding hydrogens is 310 g/mol. The number of ketones is 1. The molecule has 0 aromatic carbocycles. The molecule has 2 aliphatic rings. The molecule has 23 heavy (non-hydrogen) atoms. The number of hydrogen-bond acceptors (Lipinski definition) is 7. The number of aliphatic hydroxyl groups is 3. The van der Waals surface area contributed by atoms with Crippen molar-refractivity contribution in [2.75, 3.05) is 6.61 Å². The van der Waals surface area contributed by atoms with Crippen molar-refractivity contribution in [1.29, 1.82) is 0 Å². The number of hydrogen-bond donors (Lipinski definition) is 5. The quantitative estimate of drug-likeness (QED) is 0.363. The number of nitrogens with one attached hydrogen (secondary N) is 1. The molecule has 9 nitrogen and oxygen atoms in total. The van der Waals surface area contributed by atoms with Crippen LogP contribution in [0.15, 0.2) is 0 Å². The molecule has 0 bridgehead atoms. The van der Waals surface area contributed by atoms with Gasteiger partial charge in [-0.25, -0.2) is 0 Å². The number of Topliss-reactive ketones (excluding diaryl/α,β-unsaturated/α-hetero) is 1. The Morgan fingerprint density at radius 1 is 1.13 bits per heavy atom. The molecule has 0 aromatic rings. The second-order valence-electron chi connectivity index (χ2n) is 6.06. The van der Waals surface area contributed by atoms with Crippen LogP contribution in [-0.2, 0) is 19.1 Å². The first kappa shape index (κ1) is 17.8. The van der Waals surface area contributed by atoms with Crippen LogP contribution in [-0.4, -0.2) is 75.2 Å². The minimum atomic E-state index is -1.41. The van der Waals surface area contributed by atoms with E-state index in [1.165, 1.54) is 6.92 Å². The number of carbonyl (C=O) groups is 3. The Hall–Kier alpha value is -1.55. The van der Waals surface area contributed by atoms with Crippen molar-refractivity contribution in [2.45, 2.75) is 50.2 Å². The molecule has 5 unspecified atom stereocenters. The third-order valence-corrected chi connectivity index (χ3v) is 4.32. The van der Waals surface area contributed by atoms with Crippen molar-refractivity contribution in [3.63, 3.8) is 0 Å². The summed E-state index contributed by atoms with van der Waals surface area (Å²) in [4.78, 5) is 34.2. The standard InChI is InChI=1S/C14H21NO8/c1-5(17)15-11-9(23-10(4-16)12(19)13(11)20)3-8(18)6-2-7(6)14(21)22/h6-7,9-13,16,19-20H,2-4H2,1H3,(H,15,17)(H,21,22)/t6-,7-,9?,10?,11?,12?,13?/m0/s1. The topological polar surface area (TPSA) is 153 Å². The number of carboxylic acid groups (broad SMARTS) is 1. The van der Waals surface area contributed by atoms with Gasteiger partial charge in [0, 0.05) is 19.3 Å². The fourth-order valence-corrected chi connectivity index (χ4v) is 2.95. The van der Waals surface area contributed by atoms with Gasteiger partial charge in [-0.2, -0.15) is 0 Å². The molecule has 2 rings (SSSR count). The SMILES string of the molecule is CC(=O)NC1C(CC(=O)[C@H]2C[C@@H]2C(=O)O)OC(CO)C(O)C1O. The highest BCUT2D eigenvalue weighted by atomic mass is 16.5. The molecule has 1 amide bonds. The Morgan fingerprint density at radius 2 is 1.78 bits per heavy atom. The molecule has 1 aliphatic heterocycles. The average Bonchev–Trinajstić information content (AvgIpc) is 3.27. The summed E-state index contributed by atoms with van der Waals surface area (Å²) < 4.78 is 5.43. The number of aliphatic carboxylic acids is 1. The van der Waals surface area contributed by atoms with Crippen molar-refractivity contribution >= 4 is 17.7 Å². The lowest BCUT2D eigenvalue weighted by Crippen LogP contribution is -2.64. The van der Waals surface area contributed by atoms with Gasteiger partial charge in [-0.1, -0.05) is 0 Å².